The molecule has 0 fully saturated rings. The number of anilines is 1. The van der Waals surface area contributed by atoms with Crippen molar-refractivity contribution < 1.29 is 28.7 Å². The summed E-state index contributed by atoms with van der Waals surface area (Å²) in [4.78, 5) is 52.1. The van der Waals surface area contributed by atoms with Gasteiger partial charge in [0.2, 0.25) is 5.78 Å². The summed E-state index contributed by atoms with van der Waals surface area (Å²) in [6.07, 6.45) is -1.21. The molecule has 184 valence electrons. The molecular formula is C25H26N2O6S2. The van der Waals surface area contributed by atoms with Crippen LogP contribution in [-0.2, 0) is 9.47 Å². The number of Topliss-reactive ketones (excluding diaryl/α,β-unsaturated/α-hetero) is 1. The smallest absolute Gasteiger partial charge is 0.348 e. The molecule has 0 bridgehead atoms. The number of ether oxygens (including phenoxy) is 2. The molecule has 3 rings (SSSR count). The minimum atomic E-state index is -1.21. The van der Waals surface area contributed by atoms with E-state index in [1.54, 1.807) is 62.5 Å². The third-order valence-electron chi connectivity index (χ3n) is 4.98. The van der Waals surface area contributed by atoms with Crippen molar-refractivity contribution in [3.8, 4) is 0 Å². The zero-order chi connectivity index (χ0) is 25.5. The Bertz CT molecular complexity index is 1220. The fourth-order valence-corrected chi connectivity index (χ4v) is 4.99. The van der Waals surface area contributed by atoms with Crippen LogP contribution in [0.4, 0.5) is 5.00 Å². The molecule has 0 aliphatic rings. The molecule has 1 atom stereocenters. The van der Waals surface area contributed by atoms with Gasteiger partial charge in [0.15, 0.2) is 6.17 Å². The summed E-state index contributed by atoms with van der Waals surface area (Å²) < 4.78 is 10.3. The molecule has 0 radical (unpaired) electrons. The van der Waals surface area contributed by atoms with Crippen molar-refractivity contribution in [3.05, 3.63) is 73.8 Å². The Kier molecular flexibility index (Phi) is 8.78. The van der Waals surface area contributed by atoms with Crippen LogP contribution in [0.15, 0.2) is 41.8 Å². The SMILES string of the molecule is CCOC(=O)c1sc(N[C@@H](NC(=O)c2cccs2)C(=O)c2ccc(C)cc2)c(C(=O)OCC)c1C. The number of aryl methyl sites for hydroxylation is 1. The van der Waals surface area contributed by atoms with Gasteiger partial charge >= 0.3 is 11.9 Å². The summed E-state index contributed by atoms with van der Waals surface area (Å²) >= 11 is 2.20. The van der Waals surface area contributed by atoms with E-state index in [2.05, 4.69) is 10.6 Å². The number of ketones is 1. The first-order valence-corrected chi connectivity index (χ1v) is 12.7. The molecule has 2 heterocycles. The maximum absolute atomic E-state index is 13.4. The van der Waals surface area contributed by atoms with Crippen molar-refractivity contribution >= 4 is 51.3 Å². The number of hydrogen-bond acceptors (Lipinski definition) is 9. The highest BCUT2D eigenvalue weighted by molar-refractivity contribution is 7.18. The quantitative estimate of drug-likeness (QED) is 0.226. The minimum Gasteiger partial charge on any atom is -0.462 e. The first kappa shape index (κ1) is 26.1. The fourth-order valence-electron chi connectivity index (χ4n) is 3.25. The number of carbonyl (C=O) groups excluding carboxylic acids is 4. The molecule has 1 amide bonds. The van der Waals surface area contributed by atoms with Gasteiger partial charge < -0.3 is 20.1 Å². The van der Waals surface area contributed by atoms with E-state index in [1.165, 1.54) is 11.3 Å². The lowest BCUT2D eigenvalue weighted by Crippen LogP contribution is -2.46. The number of carbonyl (C=O) groups is 4. The molecule has 0 saturated heterocycles. The Balaban J connectivity index is 2.03. The lowest BCUT2D eigenvalue weighted by molar-refractivity contribution is 0.0526. The van der Waals surface area contributed by atoms with E-state index >= 15 is 0 Å². The van der Waals surface area contributed by atoms with Crippen LogP contribution >= 0.6 is 22.7 Å². The van der Waals surface area contributed by atoms with Crippen LogP contribution in [-0.4, -0.2) is 43.0 Å². The predicted molar refractivity (Wildman–Crippen MR) is 136 cm³/mol. The third kappa shape index (κ3) is 6.14. The monoisotopic (exact) mass is 514 g/mol. The van der Waals surface area contributed by atoms with Crippen molar-refractivity contribution in [1.82, 2.24) is 5.32 Å². The van der Waals surface area contributed by atoms with Crippen LogP contribution in [0.2, 0.25) is 0 Å². The number of nitrogens with one attached hydrogen (secondary N) is 2. The summed E-state index contributed by atoms with van der Waals surface area (Å²) in [5.74, 6) is -2.09. The molecule has 0 aliphatic carbocycles. The van der Waals surface area contributed by atoms with Gasteiger partial charge in [-0.15, -0.1) is 22.7 Å². The molecule has 2 aromatic heterocycles. The molecule has 1 aromatic carbocycles. The Morgan fingerprint density at radius 3 is 2.20 bits per heavy atom. The van der Waals surface area contributed by atoms with Crippen molar-refractivity contribution in [2.45, 2.75) is 33.9 Å². The Hall–Kier alpha value is -3.50. The van der Waals surface area contributed by atoms with E-state index in [0.717, 1.165) is 16.9 Å². The number of rotatable bonds is 10. The van der Waals surface area contributed by atoms with E-state index in [4.69, 9.17) is 9.47 Å². The number of hydrogen-bond donors (Lipinski definition) is 2. The largest absolute Gasteiger partial charge is 0.462 e. The van der Waals surface area contributed by atoms with Crippen molar-refractivity contribution in [2.24, 2.45) is 0 Å². The van der Waals surface area contributed by atoms with E-state index in [0.29, 0.717) is 16.0 Å². The van der Waals surface area contributed by atoms with Gasteiger partial charge in [-0.3, -0.25) is 9.59 Å². The highest BCUT2D eigenvalue weighted by atomic mass is 32.1. The molecule has 0 aliphatic heterocycles. The van der Waals surface area contributed by atoms with Crippen LogP contribution < -0.4 is 10.6 Å². The Morgan fingerprint density at radius 1 is 0.943 bits per heavy atom. The van der Waals surface area contributed by atoms with Gasteiger partial charge in [-0.05, 0) is 44.7 Å². The molecule has 3 aromatic rings. The third-order valence-corrected chi connectivity index (χ3v) is 7.05. The van der Waals surface area contributed by atoms with Crippen LogP contribution in [0.25, 0.3) is 0 Å². The number of amides is 1. The second kappa shape index (κ2) is 11.8. The van der Waals surface area contributed by atoms with Gasteiger partial charge in [-0.25, -0.2) is 9.59 Å². The van der Waals surface area contributed by atoms with Crippen LogP contribution in [0.1, 0.15) is 65.0 Å². The molecule has 0 unspecified atom stereocenters. The molecule has 0 saturated carbocycles. The summed E-state index contributed by atoms with van der Waals surface area (Å²) in [5.41, 5.74) is 1.84. The van der Waals surface area contributed by atoms with Gasteiger partial charge in [-0.1, -0.05) is 35.9 Å². The Morgan fingerprint density at radius 2 is 1.60 bits per heavy atom. The second-order valence-corrected chi connectivity index (χ2v) is 9.43. The van der Waals surface area contributed by atoms with Gasteiger partial charge in [0.05, 0.1) is 23.7 Å². The van der Waals surface area contributed by atoms with Crippen molar-refractivity contribution in [1.29, 1.82) is 0 Å². The first-order chi connectivity index (χ1) is 16.8. The number of esters is 2. The van der Waals surface area contributed by atoms with E-state index in [9.17, 15) is 19.2 Å². The van der Waals surface area contributed by atoms with Gasteiger partial charge in [0.1, 0.15) is 9.88 Å². The predicted octanol–water partition coefficient (Wildman–Crippen LogP) is 4.83. The second-order valence-electron chi connectivity index (χ2n) is 7.46. The fraction of sp³-hybridized carbons (Fsp3) is 0.280. The van der Waals surface area contributed by atoms with Gasteiger partial charge in [-0.2, -0.15) is 0 Å². The van der Waals surface area contributed by atoms with E-state index < -0.39 is 29.8 Å². The van der Waals surface area contributed by atoms with Crippen molar-refractivity contribution in [3.63, 3.8) is 0 Å². The normalized spacial score (nSPS) is 11.4. The van der Waals surface area contributed by atoms with Crippen LogP contribution in [0.5, 0.6) is 0 Å². The molecule has 0 spiro atoms. The maximum Gasteiger partial charge on any atom is 0.348 e. The molecule has 2 N–H and O–H groups in total. The lowest BCUT2D eigenvalue weighted by Gasteiger charge is -2.20. The highest BCUT2D eigenvalue weighted by Crippen LogP contribution is 2.35. The van der Waals surface area contributed by atoms with E-state index in [1.807, 2.05) is 6.92 Å². The topological polar surface area (TPSA) is 111 Å². The molecular weight excluding hydrogens is 488 g/mol. The van der Waals surface area contributed by atoms with Gasteiger partial charge in [0.25, 0.3) is 5.91 Å². The highest BCUT2D eigenvalue weighted by Gasteiger charge is 2.30. The van der Waals surface area contributed by atoms with E-state index in [-0.39, 0.29) is 28.7 Å². The summed E-state index contributed by atoms with van der Waals surface area (Å²) in [5, 5.41) is 7.67. The standard InChI is InChI=1S/C25H26N2O6S2/c1-5-32-24(30)18-15(4)20(25(31)33-6-2)35-23(18)27-21(26-22(29)17-8-7-13-34-17)19(28)16-11-9-14(3)10-12-16/h7-13,21,27H,5-6H2,1-4H3,(H,26,29)/t21-/m1/s1. The van der Waals surface area contributed by atoms with Crippen LogP contribution in [0, 0.1) is 13.8 Å². The average molecular weight is 515 g/mol. The zero-order valence-corrected chi connectivity index (χ0v) is 21.4. The average Bonchev–Trinajstić information content (AvgIpc) is 3.47. The Labute approximate surface area is 211 Å². The maximum atomic E-state index is 13.4. The molecule has 10 heteroatoms. The number of benzene rings is 1. The summed E-state index contributed by atoms with van der Waals surface area (Å²) in [7, 11) is 0. The number of thiophene rings is 2. The summed E-state index contributed by atoms with van der Waals surface area (Å²) in [6, 6.07) is 10.3. The molecule has 35 heavy (non-hydrogen) atoms. The van der Waals surface area contributed by atoms with Crippen molar-refractivity contribution in [2.75, 3.05) is 18.5 Å². The first-order valence-electron chi connectivity index (χ1n) is 11.0. The van der Waals surface area contributed by atoms with Crippen LogP contribution in [0.3, 0.4) is 0 Å². The minimum absolute atomic E-state index is 0.118. The molecule has 8 nitrogen and oxygen atoms in total. The van der Waals surface area contributed by atoms with Gasteiger partial charge in [0, 0.05) is 5.56 Å². The lowest BCUT2D eigenvalue weighted by atomic mass is 10.1. The summed E-state index contributed by atoms with van der Waals surface area (Å²) in [6.45, 7) is 7.16. The zero-order valence-electron chi connectivity index (χ0n) is 19.8.